The minimum atomic E-state index is -0.825. The van der Waals surface area contributed by atoms with Crippen molar-refractivity contribution in [3.8, 4) is 0 Å². The maximum atomic E-state index is 12.8. The van der Waals surface area contributed by atoms with E-state index in [0.29, 0.717) is 18.7 Å². The zero-order chi connectivity index (χ0) is 16.3. The van der Waals surface area contributed by atoms with Crippen LogP contribution in [-0.2, 0) is 14.3 Å². The third kappa shape index (κ3) is 3.27. The number of benzene rings is 1. The molecule has 2 amide bonds. The Hall–Kier alpha value is -2.37. The molecule has 6 nitrogen and oxygen atoms in total. The van der Waals surface area contributed by atoms with Crippen LogP contribution in [-0.4, -0.2) is 48.9 Å². The summed E-state index contributed by atoms with van der Waals surface area (Å²) in [6.07, 6.45) is -0.140. The molecule has 2 rings (SSSR count). The molecule has 1 heterocycles. The molecule has 1 atom stereocenters. The second-order valence-corrected chi connectivity index (χ2v) is 5.40. The lowest BCUT2D eigenvalue weighted by Gasteiger charge is -2.34. The smallest absolute Gasteiger partial charge is 0.308 e. The second kappa shape index (κ2) is 6.60. The fourth-order valence-corrected chi connectivity index (χ4v) is 2.61. The predicted octanol–water partition coefficient (Wildman–Crippen LogP) is 0.807. The van der Waals surface area contributed by atoms with Crippen molar-refractivity contribution in [1.29, 1.82) is 0 Å². The maximum absolute atomic E-state index is 12.8. The van der Waals surface area contributed by atoms with E-state index in [9.17, 15) is 14.4 Å². The van der Waals surface area contributed by atoms with Crippen molar-refractivity contribution in [2.75, 3.05) is 20.2 Å². The van der Waals surface area contributed by atoms with Crippen LogP contribution in [0.2, 0.25) is 0 Å². The van der Waals surface area contributed by atoms with Crippen LogP contribution in [0.1, 0.15) is 27.9 Å². The largest absolute Gasteiger partial charge is 0.469 e. The number of esters is 1. The summed E-state index contributed by atoms with van der Waals surface area (Å²) in [5, 5.41) is 2.68. The number of carbonyl (C=O) groups is 3. The minimum absolute atomic E-state index is 0.140. The van der Waals surface area contributed by atoms with E-state index in [4.69, 9.17) is 0 Å². The molecule has 22 heavy (non-hydrogen) atoms. The Morgan fingerprint density at radius 2 is 2.09 bits per heavy atom. The van der Waals surface area contributed by atoms with Gasteiger partial charge in [-0.3, -0.25) is 14.4 Å². The highest BCUT2D eigenvalue weighted by molar-refractivity contribution is 6.00. The van der Waals surface area contributed by atoms with E-state index in [-0.39, 0.29) is 18.2 Å². The molecule has 0 aliphatic carbocycles. The number of carbonyl (C=O) groups excluding carboxylic acids is 3. The van der Waals surface area contributed by atoms with Gasteiger partial charge in [0.1, 0.15) is 6.04 Å². The lowest BCUT2D eigenvalue weighted by Crippen LogP contribution is -2.57. The molecule has 0 spiro atoms. The van der Waals surface area contributed by atoms with E-state index in [2.05, 4.69) is 10.1 Å². The number of methoxy groups -OCH3 is 1. The van der Waals surface area contributed by atoms with Crippen LogP contribution >= 0.6 is 0 Å². The van der Waals surface area contributed by atoms with E-state index in [1.54, 1.807) is 6.07 Å². The first-order valence-corrected chi connectivity index (χ1v) is 7.16. The van der Waals surface area contributed by atoms with Crippen LogP contribution in [0.3, 0.4) is 0 Å². The van der Waals surface area contributed by atoms with Crippen LogP contribution < -0.4 is 5.32 Å². The quantitative estimate of drug-likeness (QED) is 0.838. The van der Waals surface area contributed by atoms with Gasteiger partial charge in [0.2, 0.25) is 5.91 Å². The van der Waals surface area contributed by atoms with Crippen LogP contribution in [0.5, 0.6) is 0 Å². The van der Waals surface area contributed by atoms with Crippen LogP contribution in [0.25, 0.3) is 0 Å². The van der Waals surface area contributed by atoms with Crippen LogP contribution in [0.15, 0.2) is 18.2 Å². The highest BCUT2D eigenvalue weighted by Gasteiger charge is 2.35. The molecule has 1 aliphatic heterocycles. The Kier molecular flexibility index (Phi) is 4.80. The molecule has 1 unspecified atom stereocenters. The van der Waals surface area contributed by atoms with E-state index < -0.39 is 12.0 Å². The van der Waals surface area contributed by atoms with Crippen LogP contribution in [0.4, 0.5) is 0 Å². The van der Waals surface area contributed by atoms with Gasteiger partial charge in [-0.25, -0.2) is 0 Å². The number of nitrogens with one attached hydrogen (secondary N) is 1. The average molecular weight is 304 g/mol. The molecule has 1 N–H and O–H groups in total. The predicted molar refractivity (Wildman–Crippen MR) is 80.4 cm³/mol. The van der Waals surface area contributed by atoms with Gasteiger partial charge in [-0.2, -0.15) is 0 Å². The molecular weight excluding hydrogens is 284 g/mol. The molecule has 1 aliphatic rings. The molecule has 6 heteroatoms. The van der Waals surface area contributed by atoms with Crippen molar-refractivity contribution in [2.24, 2.45) is 0 Å². The summed E-state index contributed by atoms with van der Waals surface area (Å²) in [5.41, 5.74) is 2.47. The molecule has 1 saturated heterocycles. The van der Waals surface area contributed by atoms with Gasteiger partial charge in [0.25, 0.3) is 5.91 Å². The number of hydrogen-bond acceptors (Lipinski definition) is 4. The fourth-order valence-electron chi connectivity index (χ4n) is 2.61. The van der Waals surface area contributed by atoms with Gasteiger partial charge < -0.3 is 15.0 Å². The van der Waals surface area contributed by atoms with Gasteiger partial charge in [-0.1, -0.05) is 17.7 Å². The van der Waals surface area contributed by atoms with E-state index in [0.717, 1.165) is 11.1 Å². The van der Waals surface area contributed by atoms with Crippen molar-refractivity contribution in [3.05, 3.63) is 34.9 Å². The van der Waals surface area contributed by atoms with Crippen molar-refractivity contribution in [2.45, 2.75) is 26.3 Å². The van der Waals surface area contributed by atoms with Gasteiger partial charge in [0, 0.05) is 18.7 Å². The first kappa shape index (κ1) is 16.0. The lowest BCUT2D eigenvalue weighted by molar-refractivity contribution is -0.145. The van der Waals surface area contributed by atoms with Crippen molar-refractivity contribution in [1.82, 2.24) is 10.2 Å². The summed E-state index contributed by atoms with van der Waals surface area (Å²) in [4.78, 5) is 37.7. The number of piperazine rings is 1. The fraction of sp³-hybridized carbons (Fsp3) is 0.438. The topological polar surface area (TPSA) is 75.7 Å². The Balaban J connectivity index is 2.28. The maximum Gasteiger partial charge on any atom is 0.308 e. The zero-order valence-corrected chi connectivity index (χ0v) is 13.0. The van der Waals surface area contributed by atoms with Gasteiger partial charge in [0.05, 0.1) is 13.5 Å². The normalized spacial score (nSPS) is 17.9. The molecule has 0 aromatic heterocycles. The number of hydrogen-bond donors (Lipinski definition) is 1. The molecular formula is C16H20N2O4. The van der Waals surface area contributed by atoms with Crippen LogP contribution in [0, 0.1) is 13.8 Å². The third-order valence-electron chi connectivity index (χ3n) is 3.79. The van der Waals surface area contributed by atoms with Crippen molar-refractivity contribution < 1.29 is 19.1 Å². The van der Waals surface area contributed by atoms with Crippen molar-refractivity contribution >= 4 is 17.8 Å². The zero-order valence-electron chi connectivity index (χ0n) is 13.0. The highest BCUT2D eigenvalue weighted by atomic mass is 16.5. The molecule has 0 radical (unpaired) electrons. The van der Waals surface area contributed by atoms with Gasteiger partial charge in [0.15, 0.2) is 0 Å². The lowest BCUT2D eigenvalue weighted by atomic mass is 10.0. The summed E-state index contributed by atoms with van der Waals surface area (Å²) in [5.74, 6) is -1.07. The molecule has 1 fully saturated rings. The summed E-state index contributed by atoms with van der Waals surface area (Å²) in [7, 11) is 1.26. The Morgan fingerprint density at radius 3 is 2.73 bits per heavy atom. The average Bonchev–Trinajstić information content (AvgIpc) is 2.48. The molecule has 1 aromatic rings. The number of nitrogens with zero attached hydrogens (tertiary/aromatic N) is 1. The molecule has 1 aromatic carbocycles. The highest BCUT2D eigenvalue weighted by Crippen LogP contribution is 2.18. The number of amides is 2. The Labute approximate surface area is 129 Å². The summed E-state index contributed by atoms with van der Waals surface area (Å²) in [6.45, 7) is 4.57. The Morgan fingerprint density at radius 1 is 1.36 bits per heavy atom. The Bertz CT molecular complexity index is 612. The standard InChI is InChI=1S/C16H20N2O4/c1-10-4-5-12(11(2)8-10)16(21)18-7-6-17-15(20)13(18)9-14(19)22-3/h4-5,8,13H,6-7,9H2,1-3H3,(H,17,20). The summed E-state index contributed by atoms with van der Waals surface area (Å²) in [6, 6.07) is 4.72. The molecule has 0 saturated carbocycles. The minimum Gasteiger partial charge on any atom is -0.469 e. The third-order valence-corrected chi connectivity index (χ3v) is 3.79. The summed E-state index contributed by atoms with van der Waals surface area (Å²) >= 11 is 0. The van der Waals surface area contributed by atoms with Gasteiger partial charge >= 0.3 is 5.97 Å². The van der Waals surface area contributed by atoms with E-state index >= 15 is 0 Å². The van der Waals surface area contributed by atoms with Gasteiger partial charge in [-0.15, -0.1) is 0 Å². The number of rotatable bonds is 3. The van der Waals surface area contributed by atoms with Gasteiger partial charge in [-0.05, 0) is 25.5 Å². The van der Waals surface area contributed by atoms with Crippen molar-refractivity contribution in [3.63, 3.8) is 0 Å². The summed E-state index contributed by atoms with van der Waals surface area (Å²) < 4.78 is 4.62. The molecule has 118 valence electrons. The monoisotopic (exact) mass is 304 g/mol. The second-order valence-electron chi connectivity index (χ2n) is 5.40. The number of aryl methyl sites for hydroxylation is 2. The molecule has 0 bridgehead atoms. The number of ether oxygens (including phenoxy) is 1. The first-order chi connectivity index (χ1) is 10.4. The first-order valence-electron chi connectivity index (χ1n) is 7.16. The van der Waals surface area contributed by atoms with E-state index in [1.807, 2.05) is 26.0 Å². The van der Waals surface area contributed by atoms with E-state index in [1.165, 1.54) is 12.0 Å². The SMILES string of the molecule is COC(=O)CC1C(=O)NCCN1C(=O)c1ccc(C)cc1C.